The molecule has 1 aromatic carbocycles. The summed E-state index contributed by atoms with van der Waals surface area (Å²) in [6, 6.07) is 4.55. The maximum Gasteiger partial charge on any atom is 0.165 e. The van der Waals surface area contributed by atoms with E-state index in [0.717, 1.165) is 12.8 Å². The standard InChI is InChI=1S/C15H20FNO2S/c1-15(2,3)20(18)17-9-12-6-7-13(16)14(8-12)19-10-11-4-5-11/h6-9,11H,4-5,10H2,1-3H3/b17-9-/t20-/m0/s1. The van der Waals surface area contributed by atoms with Crippen LogP contribution in [0.1, 0.15) is 39.2 Å². The molecule has 0 bridgehead atoms. The Hall–Kier alpha value is -1.07. The summed E-state index contributed by atoms with van der Waals surface area (Å²) >= 11 is -1.32. The summed E-state index contributed by atoms with van der Waals surface area (Å²) in [6.45, 7) is 6.13. The van der Waals surface area contributed by atoms with Crippen LogP contribution in [-0.4, -0.2) is 22.1 Å². The van der Waals surface area contributed by atoms with Crippen LogP contribution in [0.5, 0.6) is 5.75 Å². The number of ether oxygens (including phenoxy) is 1. The van der Waals surface area contributed by atoms with Crippen molar-refractivity contribution in [2.75, 3.05) is 6.61 Å². The average Bonchev–Trinajstić information content (AvgIpc) is 3.18. The lowest BCUT2D eigenvalue weighted by molar-refractivity contribution is 0.285. The lowest BCUT2D eigenvalue weighted by Crippen LogP contribution is -2.25. The summed E-state index contributed by atoms with van der Waals surface area (Å²) in [4.78, 5) is 0. The van der Waals surface area contributed by atoms with Crippen LogP contribution < -0.4 is 4.74 Å². The van der Waals surface area contributed by atoms with E-state index in [1.165, 1.54) is 12.3 Å². The Labute approximate surface area is 122 Å². The fraction of sp³-hybridized carbons (Fsp3) is 0.533. The van der Waals surface area contributed by atoms with E-state index >= 15 is 0 Å². The largest absolute Gasteiger partial charge is 0.591 e. The molecule has 0 amide bonds. The van der Waals surface area contributed by atoms with Gasteiger partial charge < -0.3 is 9.29 Å². The van der Waals surface area contributed by atoms with Crippen LogP contribution in [0, 0.1) is 11.7 Å². The Balaban J connectivity index is 2.04. The third-order valence-electron chi connectivity index (χ3n) is 2.95. The molecule has 1 aliphatic carbocycles. The Bertz CT molecular complexity index is 495. The summed E-state index contributed by atoms with van der Waals surface area (Å²) < 4.78 is 34.5. The second-order valence-electron chi connectivity index (χ2n) is 6.04. The van der Waals surface area contributed by atoms with Gasteiger partial charge in [0.15, 0.2) is 11.6 Å². The molecule has 0 heterocycles. The zero-order valence-corrected chi connectivity index (χ0v) is 12.9. The van der Waals surface area contributed by atoms with Gasteiger partial charge in [0.2, 0.25) is 0 Å². The third-order valence-corrected chi connectivity index (χ3v) is 4.29. The van der Waals surface area contributed by atoms with E-state index < -0.39 is 16.1 Å². The fourth-order valence-corrected chi connectivity index (χ4v) is 2.00. The lowest BCUT2D eigenvalue weighted by atomic mass is 10.2. The van der Waals surface area contributed by atoms with Crippen molar-refractivity contribution in [1.29, 1.82) is 0 Å². The van der Waals surface area contributed by atoms with Crippen molar-refractivity contribution in [3.05, 3.63) is 29.6 Å². The highest BCUT2D eigenvalue weighted by Crippen LogP contribution is 2.30. The summed E-state index contributed by atoms with van der Waals surface area (Å²) in [5, 5.41) is 0. The minimum Gasteiger partial charge on any atom is -0.591 e. The molecule has 0 saturated heterocycles. The van der Waals surface area contributed by atoms with Crippen LogP contribution in [0.25, 0.3) is 0 Å². The van der Waals surface area contributed by atoms with Gasteiger partial charge in [-0.1, -0.05) is 10.5 Å². The van der Waals surface area contributed by atoms with Crippen LogP contribution in [0.2, 0.25) is 0 Å². The molecule has 2 rings (SSSR count). The quantitative estimate of drug-likeness (QED) is 0.617. The molecular formula is C15H20FNO2S. The first-order valence-corrected chi connectivity index (χ1v) is 7.85. The average molecular weight is 297 g/mol. The maximum atomic E-state index is 13.6. The number of halogens is 1. The van der Waals surface area contributed by atoms with Gasteiger partial charge in [0.25, 0.3) is 0 Å². The van der Waals surface area contributed by atoms with Crippen molar-refractivity contribution in [1.82, 2.24) is 0 Å². The monoisotopic (exact) mass is 297 g/mol. The molecule has 3 nitrogen and oxygen atoms in total. The van der Waals surface area contributed by atoms with E-state index in [1.807, 2.05) is 20.8 Å². The number of benzene rings is 1. The number of hydrogen-bond donors (Lipinski definition) is 0. The SMILES string of the molecule is CC(C)(C)[S@+]([O-])/N=C\c1ccc(F)c(OCC2CC2)c1. The van der Waals surface area contributed by atoms with Crippen molar-refractivity contribution in [2.45, 2.75) is 38.4 Å². The molecule has 0 unspecified atom stereocenters. The molecule has 0 spiro atoms. The van der Waals surface area contributed by atoms with E-state index in [9.17, 15) is 8.94 Å². The summed E-state index contributed by atoms with van der Waals surface area (Å²) in [7, 11) is 0. The van der Waals surface area contributed by atoms with Gasteiger partial charge in [-0.25, -0.2) is 4.39 Å². The molecule has 1 aliphatic rings. The molecule has 0 aliphatic heterocycles. The Morgan fingerprint density at radius 1 is 1.45 bits per heavy atom. The minimum atomic E-state index is -1.32. The Morgan fingerprint density at radius 2 is 2.15 bits per heavy atom. The number of hydrogen-bond acceptors (Lipinski definition) is 3. The normalized spacial score (nSPS) is 17.4. The van der Waals surface area contributed by atoms with Gasteiger partial charge in [0.05, 0.1) is 12.8 Å². The summed E-state index contributed by atoms with van der Waals surface area (Å²) in [5.74, 6) is 0.433. The zero-order chi connectivity index (χ0) is 14.8. The van der Waals surface area contributed by atoms with E-state index in [1.54, 1.807) is 12.1 Å². The highest BCUT2D eigenvalue weighted by Gasteiger charge is 2.26. The Kier molecular flexibility index (Phi) is 4.70. The van der Waals surface area contributed by atoms with Gasteiger partial charge in [0.1, 0.15) is 16.1 Å². The molecule has 0 N–H and O–H groups in total. The molecule has 20 heavy (non-hydrogen) atoms. The van der Waals surface area contributed by atoms with Crippen LogP contribution >= 0.6 is 0 Å². The van der Waals surface area contributed by atoms with E-state index in [0.29, 0.717) is 18.1 Å². The van der Waals surface area contributed by atoms with Crippen molar-refractivity contribution in [3.63, 3.8) is 0 Å². The molecule has 110 valence electrons. The van der Waals surface area contributed by atoms with Crippen LogP contribution in [0.3, 0.4) is 0 Å². The Morgan fingerprint density at radius 3 is 2.75 bits per heavy atom. The highest BCUT2D eigenvalue weighted by atomic mass is 32.2. The van der Waals surface area contributed by atoms with E-state index in [2.05, 4.69) is 4.40 Å². The van der Waals surface area contributed by atoms with Crippen molar-refractivity contribution >= 4 is 17.6 Å². The molecule has 5 heteroatoms. The predicted molar refractivity (Wildman–Crippen MR) is 80.1 cm³/mol. The third kappa shape index (κ3) is 4.49. The van der Waals surface area contributed by atoms with Crippen molar-refractivity contribution in [3.8, 4) is 5.75 Å². The van der Waals surface area contributed by atoms with Crippen LogP contribution in [0.15, 0.2) is 22.6 Å². The molecule has 1 fully saturated rings. The second kappa shape index (κ2) is 6.14. The highest BCUT2D eigenvalue weighted by molar-refractivity contribution is 7.91. The molecule has 0 radical (unpaired) electrons. The van der Waals surface area contributed by atoms with Gasteiger partial charge in [-0.2, -0.15) is 0 Å². The molecular weight excluding hydrogens is 277 g/mol. The first-order chi connectivity index (χ1) is 9.36. The zero-order valence-electron chi connectivity index (χ0n) is 12.1. The fourth-order valence-electron chi connectivity index (χ4n) is 1.47. The van der Waals surface area contributed by atoms with Gasteiger partial charge in [-0.3, -0.25) is 0 Å². The van der Waals surface area contributed by atoms with Crippen molar-refractivity contribution in [2.24, 2.45) is 10.3 Å². The number of rotatable bonds is 5. The van der Waals surface area contributed by atoms with Crippen molar-refractivity contribution < 1.29 is 13.7 Å². The van der Waals surface area contributed by atoms with Gasteiger partial charge in [0, 0.05) is 5.56 Å². The second-order valence-corrected chi connectivity index (χ2v) is 7.97. The van der Waals surface area contributed by atoms with E-state index in [-0.39, 0.29) is 11.6 Å². The van der Waals surface area contributed by atoms with Crippen LogP contribution in [0.4, 0.5) is 4.39 Å². The summed E-state index contributed by atoms with van der Waals surface area (Å²) in [5.41, 5.74) is 0.690. The smallest absolute Gasteiger partial charge is 0.165 e. The number of nitrogens with zero attached hydrogens (tertiary/aromatic N) is 1. The van der Waals surface area contributed by atoms with Gasteiger partial charge in [-0.15, -0.1) is 0 Å². The summed E-state index contributed by atoms with van der Waals surface area (Å²) in [6.07, 6.45) is 3.82. The van der Waals surface area contributed by atoms with Gasteiger partial charge >= 0.3 is 0 Å². The molecule has 0 aromatic heterocycles. The maximum absolute atomic E-state index is 13.6. The first-order valence-electron chi connectivity index (χ1n) is 6.74. The minimum absolute atomic E-state index is 0.238. The lowest BCUT2D eigenvalue weighted by Gasteiger charge is -2.17. The first kappa shape index (κ1) is 15.3. The van der Waals surface area contributed by atoms with Crippen LogP contribution in [-0.2, 0) is 11.4 Å². The predicted octanol–water partition coefficient (Wildman–Crippen LogP) is 3.50. The molecule has 1 aromatic rings. The van der Waals surface area contributed by atoms with E-state index in [4.69, 9.17) is 4.74 Å². The topological polar surface area (TPSA) is 44.7 Å². The molecule has 1 saturated carbocycles. The molecule has 1 atom stereocenters. The van der Waals surface area contributed by atoms with Gasteiger partial charge in [-0.05, 0) is 51.7 Å².